The van der Waals surface area contributed by atoms with Gasteiger partial charge in [-0.2, -0.15) is 0 Å². The van der Waals surface area contributed by atoms with Crippen molar-refractivity contribution in [3.63, 3.8) is 0 Å². The molecule has 1 aliphatic carbocycles. The second-order valence-electron chi connectivity index (χ2n) is 6.07. The lowest BCUT2D eigenvalue weighted by Crippen LogP contribution is -2.32. The number of carbonyl (C=O) groups is 1. The first-order valence-corrected chi connectivity index (χ1v) is 8.05. The maximum atomic E-state index is 12.3. The van der Waals surface area contributed by atoms with Gasteiger partial charge in [0.2, 0.25) is 0 Å². The van der Waals surface area contributed by atoms with Crippen LogP contribution in [0, 0.1) is 0 Å². The van der Waals surface area contributed by atoms with Crippen LogP contribution in [0.3, 0.4) is 0 Å². The first-order chi connectivity index (χ1) is 11.1. The quantitative estimate of drug-likeness (QED) is 0.813. The summed E-state index contributed by atoms with van der Waals surface area (Å²) < 4.78 is 0. The first-order valence-electron chi connectivity index (χ1n) is 8.05. The highest BCUT2D eigenvalue weighted by Gasteiger charge is 2.20. The van der Waals surface area contributed by atoms with Gasteiger partial charge >= 0.3 is 6.03 Å². The van der Waals surface area contributed by atoms with Gasteiger partial charge in [0.15, 0.2) is 0 Å². The van der Waals surface area contributed by atoms with E-state index in [0.29, 0.717) is 6.42 Å². The Hall–Kier alpha value is -2.33. The summed E-state index contributed by atoms with van der Waals surface area (Å²) in [5.41, 5.74) is 4.12. The molecule has 3 rings (SSSR count). The van der Waals surface area contributed by atoms with Crippen molar-refractivity contribution in [2.75, 3.05) is 5.32 Å². The fraction of sp³-hybridized carbons (Fsp3) is 0.316. The Balaban J connectivity index is 1.69. The number of fused-ring (bicyclic) bond motifs is 1. The maximum Gasteiger partial charge on any atom is 0.319 e. The van der Waals surface area contributed by atoms with Gasteiger partial charge in [0.1, 0.15) is 0 Å². The van der Waals surface area contributed by atoms with Gasteiger partial charge in [0, 0.05) is 12.1 Å². The van der Waals surface area contributed by atoms with Gasteiger partial charge in [0.25, 0.3) is 0 Å². The Bertz CT molecular complexity index is 685. The molecule has 0 fully saturated rings. The Kier molecular flexibility index (Phi) is 4.63. The van der Waals surface area contributed by atoms with E-state index in [2.05, 4.69) is 16.7 Å². The summed E-state index contributed by atoms with van der Waals surface area (Å²) in [5.74, 6) is 0. The first kappa shape index (κ1) is 15.6. The number of aliphatic hydroxyl groups is 1. The summed E-state index contributed by atoms with van der Waals surface area (Å²) in [6, 6.07) is 15.5. The van der Waals surface area contributed by atoms with Crippen LogP contribution in [0.5, 0.6) is 0 Å². The molecule has 0 aliphatic heterocycles. The molecule has 23 heavy (non-hydrogen) atoms. The zero-order chi connectivity index (χ0) is 16.2. The van der Waals surface area contributed by atoms with E-state index < -0.39 is 0 Å². The number of carbonyl (C=O) groups excluding carboxylic acids is 1. The minimum absolute atomic E-state index is 0.0682. The molecule has 2 aromatic rings. The number of urea groups is 1. The summed E-state index contributed by atoms with van der Waals surface area (Å²) in [5, 5.41) is 15.8. The fourth-order valence-electron chi connectivity index (χ4n) is 3.07. The van der Waals surface area contributed by atoms with E-state index in [0.717, 1.165) is 29.7 Å². The van der Waals surface area contributed by atoms with Crippen molar-refractivity contribution >= 4 is 11.7 Å². The van der Waals surface area contributed by atoms with Crippen LogP contribution in [0.4, 0.5) is 10.5 Å². The Morgan fingerprint density at radius 2 is 1.96 bits per heavy atom. The lowest BCUT2D eigenvalue weighted by atomic mass is 9.88. The molecule has 2 unspecified atom stereocenters. The number of hydrogen-bond acceptors (Lipinski definition) is 2. The number of nitrogens with one attached hydrogen (secondary N) is 2. The van der Waals surface area contributed by atoms with E-state index in [1.54, 1.807) is 0 Å². The highest BCUT2D eigenvalue weighted by Crippen LogP contribution is 2.28. The van der Waals surface area contributed by atoms with Gasteiger partial charge in [-0.1, -0.05) is 42.5 Å². The van der Waals surface area contributed by atoms with E-state index in [-0.39, 0.29) is 18.2 Å². The van der Waals surface area contributed by atoms with Crippen molar-refractivity contribution in [1.82, 2.24) is 5.32 Å². The number of amides is 2. The van der Waals surface area contributed by atoms with Gasteiger partial charge in [-0.25, -0.2) is 4.79 Å². The molecular formula is C19H22N2O2. The predicted molar refractivity (Wildman–Crippen MR) is 91.5 cm³/mol. The summed E-state index contributed by atoms with van der Waals surface area (Å²) >= 11 is 0. The van der Waals surface area contributed by atoms with Crippen LogP contribution < -0.4 is 10.6 Å². The molecule has 0 heterocycles. The third kappa shape index (κ3) is 3.71. The molecule has 0 saturated heterocycles. The second kappa shape index (κ2) is 6.84. The van der Waals surface area contributed by atoms with Crippen LogP contribution in [-0.2, 0) is 12.8 Å². The molecule has 4 heteroatoms. The Morgan fingerprint density at radius 3 is 2.74 bits per heavy atom. The molecule has 0 saturated carbocycles. The van der Waals surface area contributed by atoms with Crippen LogP contribution in [0.1, 0.15) is 36.1 Å². The largest absolute Gasteiger partial charge is 0.393 e. The van der Waals surface area contributed by atoms with Gasteiger partial charge in [-0.05, 0) is 42.5 Å². The zero-order valence-corrected chi connectivity index (χ0v) is 13.3. The van der Waals surface area contributed by atoms with E-state index >= 15 is 0 Å². The minimum atomic E-state index is -0.322. The molecule has 3 N–H and O–H groups in total. The molecule has 1 aliphatic rings. The van der Waals surface area contributed by atoms with Gasteiger partial charge in [-0.3, -0.25) is 0 Å². The monoisotopic (exact) mass is 310 g/mol. The number of aliphatic hydroxyl groups excluding tert-OH is 1. The van der Waals surface area contributed by atoms with Crippen LogP contribution in [-0.4, -0.2) is 17.2 Å². The normalized spacial score (nSPS) is 17.9. The molecule has 0 aromatic heterocycles. The second-order valence-corrected chi connectivity index (χ2v) is 6.07. The van der Waals surface area contributed by atoms with Crippen molar-refractivity contribution in [2.24, 2.45) is 0 Å². The number of rotatable bonds is 3. The van der Waals surface area contributed by atoms with Crippen molar-refractivity contribution in [3.8, 4) is 0 Å². The molecular weight excluding hydrogens is 288 g/mol. The van der Waals surface area contributed by atoms with Crippen LogP contribution in [0.2, 0.25) is 0 Å². The van der Waals surface area contributed by atoms with E-state index in [1.165, 1.54) is 5.56 Å². The summed E-state index contributed by atoms with van der Waals surface area (Å²) in [6.07, 6.45) is 1.92. The van der Waals surface area contributed by atoms with Crippen molar-refractivity contribution in [1.29, 1.82) is 0 Å². The standard InChI is InChI=1S/C19H22N2O2/c1-13(14-6-3-2-4-7-14)20-19(23)21-18-9-5-8-15-10-11-16(22)12-17(15)18/h2-9,13,16,22H,10-12H2,1H3,(H2,20,21,23). The van der Waals surface area contributed by atoms with Gasteiger partial charge in [-0.15, -0.1) is 0 Å². The van der Waals surface area contributed by atoms with E-state index in [1.807, 2.05) is 49.4 Å². The third-order valence-corrected chi connectivity index (χ3v) is 4.36. The molecule has 2 amide bonds. The van der Waals surface area contributed by atoms with Crippen molar-refractivity contribution < 1.29 is 9.90 Å². The molecule has 2 aromatic carbocycles. The van der Waals surface area contributed by atoms with E-state index in [4.69, 9.17) is 0 Å². The molecule has 0 spiro atoms. The number of hydrogen-bond donors (Lipinski definition) is 3. The molecule has 120 valence electrons. The van der Waals surface area contributed by atoms with Crippen molar-refractivity contribution in [3.05, 3.63) is 65.2 Å². The van der Waals surface area contributed by atoms with Gasteiger partial charge in [0.05, 0.1) is 12.1 Å². The van der Waals surface area contributed by atoms with Crippen molar-refractivity contribution in [2.45, 2.75) is 38.3 Å². The average Bonchev–Trinajstić information content (AvgIpc) is 2.56. The average molecular weight is 310 g/mol. The molecule has 4 nitrogen and oxygen atoms in total. The predicted octanol–water partition coefficient (Wildman–Crippen LogP) is 3.42. The Morgan fingerprint density at radius 1 is 1.17 bits per heavy atom. The van der Waals surface area contributed by atoms with Crippen LogP contribution in [0.25, 0.3) is 0 Å². The molecule has 0 bridgehead atoms. The highest BCUT2D eigenvalue weighted by atomic mass is 16.3. The highest BCUT2D eigenvalue weighted by molar-refractivity contribution is 5.90. The summed E-state index contributed by atoms with van der Waals surface area (Å²) in [7, 11) is 0. The van der Waals surface area contributed by atoms with Crippen LogP contribution >= 0.6 is 0 Å². The zero-order valence-electron chi connectivity index (χ0n) is 13.3. The third-order valence-electron chi connectivity index (χ3n) is 4.36. The number of benzene rings is 2. The molecule has 2 atom stereocenters. The number of anilines is 1. The lowest BCUT2D eigenvalue weighted by molar-refractivity contribution is 0.159. The summed E-state index contributed by atoms with van der Waals surface area (Å²) in [6.45, 7) is 1.96. The van der Waals surface area contributed by atoms with E-state index in [9.17, 15) is 9.90 Å². The number of aryl methyl sites for hydroxylation is 1. The van der Waals surface area contributed by atoms with Crippen LogP contribution in [0.15, 0.2) is 48.5 Å². The molecule has 0 radical (unpaired) electrons. The lowest BCUT2D eigenvalue weighted by Gasteiger charge is -2.24. The topological polar surface area (TPSA) is 61.4 Å². The van der Waals surface area contributed by atoms with Gasteiger partial charge < -0.3 is 15.7 Å². The SMILES string of the molecule is CC(NC(=O)Nc1cccc2c1CC(O)CC2)c1ccccc1. The Labute approximate surface area is 136 Å². The maximum absolute atomic E-state index is 12.3. The fourth-order valence-corrected chi connectivity index (χ4v) is 3.07. The minimum Gasteiger partial charge on any atom is -0.393 e. The summed E-state index contributed by atoms with van der Waals surface area (Å²) in [4.78, 5) is 12.3. The smallest absolute Gasteiger partial charge is 0.319 e.